The molecule has 21 heavy (non-hydrogen) atoms. The number of aliphatic carboxylic acids is 1. The fraction of sp³-hybridized carbons (Fsp3) is 0.600. The van der Waals surface area contributed by atoms with Crippen LogP contribution in [0.15, 0.2) is 15.9 Å². The van der Waals surface area contributed by atoms with Crippen LogP contribution in [0.1, 0.15) is 49.8 Å². The summed E-state index contributed by atoms with van der Waals surface area (Å²) in [5.41, 5.74) is -0.774. The zero-order valence-corrected chi connectivity index (χ0v) is 14.4. The van der Waals surface area contributed by atoms with Gasteiger partial charge in [-0.1, -0.05) is 19.3 Å². The van der Waals surface area contributed by atoms with Crippen LogP contribution >= 0.6 is 27.3 Å². The van der Waals surface area contributed by atoms with E-state index in [1.54, 1.807) is 0 Å². The minimum absolute atomic E-state index is 0.101. The van der Waals surface area contributed by atoms with Gasteiger partial charge in [0.15, 0.2) is 0 Å². The summed E-state index contributed by atoms with van der Waals surface area (Å²) in [6, 6.07) is 3.84. The molecule has 0 spiro atoms. The third-order valence-corrected chi connectivity index (χ3v) is 6.09. The molecule has 0 aromatic carbocycles. The Labute approximate surface area is 137 Å². The van der Waals surface area contributed by atoms with Gasteiger partial charge in [0.05, 0.1) is 15.1 Å². The highest BCUT2D eigenvalue weighted by molar-refractivity contribution is 9.11. The molecule has 1 amide bonds. The molecular formula is C15H20BrNO3S. The Kier molecular flexibility index (Phi) is 5.43. The van der Waals surface area contributed by atoms with E-state index in [1.165, 1.54) is 11.3 Å². The molecule has 0 saturated heterocycles. The minimum atomic E-state index is -0.783. The molecule has 0 bridgehead atoms. The third-order valence-electron chi connectivity index (χ3n) is 4.28. The smallest absolute Gasteiger partial charge is 0.311 e. The van der Waals surface area contributed by atoms with Crippen molar-refractivity contribution in [2.75, 3.05) is 6.54 Å². The lowest BCUT2D eigenvalue weighted by atomic mass is 9.74. The van der Waals surface area contributed by atoms with Gasteiger partial charge in [-0.15, -0.1) is 11.3 Å². The number of carboxylic acid groups (broad SMARTS) is 1. The van der Waals surface area contributed by atoms with E-state index >= 15 is 0 Å². The maximum absolute atomic E-state index is 12.2. The van der Waals surface area contributed by atoms with Gasteiger partial charge < -0.3 is 10.4 Å². The van der Waals surface area contributed by atoms with Crippen molar-refractivity contribution in [3.8, 4) is 0 Å². The predicted molar refractivity (Wildman–Crippen MR) is 86.6 cm³/mol. The molecular weight excluding hydrogens is 354 g/mol. The molecule has 1 unspecified atom stereocenters. The molecule has 1 aromatic rings. The second-order valence-electron chi connectivity index (χ2n) is 5.73. The fourth-order valence-corrected chi connectivity index (χ4v) is 4.27. The molecule has 1 atom stereocenters. The largest absolute Gasteiger partial charge is 0.481 e. The number of carbonyl (C=O) groups excluding carboxylic acids is 1. The summed E-state index contributed by atoms with van der Waals surface area (Å²) in [6.45, 7) is 2.08. The highest BCUT2D eigenvalue weighted by Crippen LogP contribution is 2.36. The number of rotatable bonds is 5. The first-order chi connectivity index (χ1) is 9.94. The zero-order chi connectivity index (χ0) is 15.5. The summed E-state index contributed by atoms with van der Waals surface area (Å²) < 4.78 is 0.992. The van der Waals surface area contributed by atoms with Gasteiger partial charge in [0.25, 0.3) is 0 Å². The second-order valence-corrected chi connectivity index (χ2v) is 8.22. The number of hydrogen-bond donors (Lipinski definition) is 2. The number of carbonyl (C=O) groups is 2. The number of carboxylic acids is 1. The highest BCUT2D eigenvalue weighted by atomic mass is 79.9. The fourth-order valence-electron chi connectivity index (χ4n) is 2.79. The average molecular weight is 374 g/mol. The second kappa shape index (κ2) is 6.92. The molecule has 0 radical (unpaired) electrons. The Hall–Kier alpha value is -0.880. The van der Waals surface area contributed by atoms with Crippen molar-refractivity contribution in [1.29, 1.82) is 0 Å². The van der Waals surface area contributed by atoms with E-state index < -0.39 is 11.4 Å². The first-order valence-electron chi connectivity index (χ1n) is 7.21. The first kappa shape index (κ1) is 16.5. The van der Waals surface area contributed by atoms with Gasteiger partial charge in [-0.25, -0.2) is 0 Å². The van der Waals surface area contributed by atoms with Crippen molar-refractivity contribution in [3.63, 3.8) is 0 Å². The molecule has 2 N–H and O–H groups in total. The monoisotopic (exact) mass is 373 g/mol. The maximum atomic E-state index is 12.2. The Bertz CT molecular complexity index is 523. The number of halogens is 1. The standard InChI is InChI=1S/C15H20BrNO3S/c1-10(11-5-6-12(16)21-11)13(18)17-9-15(14(19)20)7-3-2-4-8-15/h5-6,10H,2-4,7-9H2,1H3,(H,17,18)(H,19,20). The Morgan fingerprint density at radius 1 is 1.38 bits per heavy atom. The van der Waals surface area contributed by atoms with E-state index in [2.05, 4.69) is 21.2 Å². The molecule has 0 aliphatic heterocycles. The van der Waals surface area contributed by atoms with Crippen LogP contribution in [-0.4, -0.2) is 23.5 Å². The number of amides is 1. The molecule has 2 rings (SSSR count). The highest BCUT2D eigenvalue weighted by Gasteiger charge is 2.40. The van der Waals surface area contributed by atoms with E-state index in [-0.39, 0.29) is 18.4 Å². The van der Waals surface area contributed by atoms with Crippen LogP contribution in [0, 0.1) is 5.41 Å². The van der Waals surface area contributed by atoms with Crippen LogP contribution in [-0.2, 0) is 9.59 Å². The third kappa shape index (κ3) is 3.86. The Morgan fingerprint density at radius 3 is 2.57 bits per heavy atom. The number of thiophene rings is 1. The molecule has 6 heteroatoms. The van der Waals surface area contributed by atoms with Crippen LogP contribution in [0.4, 0.5) is 0 Å². The van der Waals surface area contributed by atoms with Gasteiger partial charge in [-0.3, -0.25) is 9.59 Å². The summed E-state index contributed by atoms with van der Waals surface area (Å²) >= 11 is 4.92. The molecule has 1 fully saturated rings. The van der Waals surface area contributed by atoms with Gasteiger partial charge in [-0.2, -0.15) is 0 Å². The van der Waals surface area contributed by atoms with Crippen LogP contribution in [0.2, 0.25) is 0 Å². The van der Waals surface area contributed by atoms with Crippen molar-refractivity contribution < 1.29 is 14.7 Å². The first-order valence-corrected chi connectivity index (χ1v) is 8.82. The van der Waals surface area contributed by atoms with Crippen molar-refractivity contribution in [1.82, 2.24) is 5.32 Å². The SMILES string of the molecule is CC(C(=O)NCC1(C(=O)O)CCCCC1)c1ccc(Br)s1. The van der Waals surface area contributed by atoms with Crippen LogP contribution < -0.4 is 5.32 Å². The van der Waals surface area contributed by atoms with E-state index in [9.17, 15) is 14.7 Å². The van der Waals surface area contributed by atoms with Crippen molar-refractivity contribution in [2.24, 2.45) is 5.41 Å². The van der Waals surface area contributed by atoms with E-state index in [4.69, 9.17) is 0 Å². The topological polar surface area (TPSA) is 66.4 Å². The van der Waals surface area contributed by atoms with Crippen molar-refractivity contribution >= 4 is 39.1 Å². The van der Waals surface area contributed by atoms with Crippen molar-refractivity contribution in [3.05, 3.63) is 20.8 Å². The van der Waals surface area contributed by atoms with Crippen LogP contribution in [0.3, 0.4) is 0 Å². The summed E-state index contributed by atoms with van der Waals surface area (Å²) in [4.78, 5) is 24.8. The average Bonchev–Trinajstić information content (AvgIpc) is 2.91. The molecule has 1 aliphatic rings. The van der Waals surface area contributed by atoms with Crippen molar-refractivity contribution in [2.45, 2.75) is 44.9 Å². The maximum Gasteiger partial charge on any atom is 0.311 e. The molecule has 116 valence electrons. The zero-order valence-electron chi connectivity index (χ0n) is 12.0. The quantitative estimate of drug-likeness (QED) is 0.825. The lowest BCUT2D eigenvalue weighted by Crippen LogP contribution is -2.45. The Balaban J connectivity index is 1.97. The normalized spacial score (nSPS) is 19.0. The van der Waals surface area contributed by atoms with Gasteiger partial charge in [0, 0.05) is 11.4 Å². The minimum Gasteiger partial charge on any atom is -0.481 e. The van der Waals surface area contributed by atoms with E-state index in [1.807, 2.05) is 19.1 Å². The van der Waals surface area contributed by atoms with E-state index in [0.717, 1.165) is 27.9 Å². The Morgan fingerprint density at radius 2 is 2.05 bits per heavy atom. The lowest BCUT2D eigenvalue weighted by molar-refractivity contribution is -0.151. The molecule has 4 nitrogen and oxygen atoms in total. The van der Waals surface area contributed by atoms with Gasteiger partial charge in [0.2, 0.25) is 5.91 Å². The summed E-state index contributed by atoms with van der Waals surface area (Å²) in [5.74, 6) is -1.14. The lowest BCUT2D eigenvalue weighted by Gasteiger charge is -2.33. The van der Waals surface area contributed by atoms with Crippen LogP contribution in [0.5, 0.6) is 0 Å². The molecule has 1 saturated carbocycles. The van der Waals surface area contributed by atoms with E-state index in [0.29, 0.717) is 12.8 Å². The summed E-state index contributed by atoms with van der Waals surface area (Å²) in [5, 5.41) is 12.4. The van der Waals surface area contributed by atoms with Crippen LogP contribution in [0.25, 0.3) is 0 Å². The molecule has 1 heterocycles. The number of nitrogens with one attached hydrogen (secondary N) is 1. The van der Waals surface area contributed by atoms with Gasteiger partial charge in [-0.05, 0) is 47.8 Å². The number of hydrogen-bond acceptors (Lipinski definition) is 3. The summed E-state index contributed by atoms with van der Waals surface area (Å²) in [6.07, 6.45) is 4.25. The van der Waals surface area contributed by atoms with Gasteiger partial charge >= 0.3 is 5.97 Å². The molecule has 1 aromatic heterocycles. The predicted octanol–water partition coefficient (Wildman–Crippen LogP) is 3.77. The summed E-state index contributed by atoms with van der Waals surface area (Å²) in [7, 11) is 0. The molecule has 1 aliphatic carbocycles. The van der Waals surface area contributed by atoms with Gasteiger partial charge in [0.1, 0.15) is 0 Å².